The van der Waals surface area contributed by atoms with Crippen molar-refractivity contribution in [3.05, 3.63) is 36.9 Å². The van der Waals surface area contributed by atoms with Crippen LogP contribution in [0.5, 0.6) is 11.8 Å². The lowest BCUT2D eigenvalue weighted by Crippen LogP contribution is -1.93. The summed E-state index contributed by atoms with van der Waals surface area (Å²) in [5.74, 6) is 1.18. The zero-order valence-electron chi connectivity index (χ0n) is 9.42. The normalized spacial score (nSPS) is 9.94. The van der Waals surface area contributed by atoms with Crippen LogP contribution in [0.15, 0.2) is 41.4 Å². The lowest BCUT2D eigenvalue weighted by molar-refractivity contribution is 0.306. The summed E-state index contributed by atoms with van der Waals surface area (Å²) < 4.78 is 15.3. The molecule has 2 aromatic rings. The van der Waals surface area contributed by atoms with Crippen molar-refractivity contribution in [1.82, 2.24) is 10.1 Å². The first kappa shape index (κ1) is 11.2. The van der Waals surface area contributed by atoms with E-state index in [1.807, 2.05) is 24.3 Å². The Balaban J connectivity index is 2.15. The number of ether oxygens (including phenoxy) is 2. The first-order valence-corrected chi connectivity index (χ1v) is 5.05. The first-order valence-electron chi connectivity index (χ1n) is 5.05. The number of rotatable bonds is 5. The Hall–Kier alpha value is -2.30. The summed E-state index contributed by atoms with van der Waals surface area (Å²) >= 11 is 0. The van der Waals surface area contributed by atoms with Crippen LogP contribution >= 0.6 is 0 Å². The molecule has 0 atom stereocenters. The van der Waals surface area contributed by atoms with E-state index >= 15 is 0 Å². The maximum absolute atomic E-state index is 5.14. The van der Waals surface area contributed by atoms with Crippen LogP contribution in [0.2, 0.25) is 0 Å². The number of hydrogen-bond donors (Lipinski definition) is 0. The monoisotopic (exact) mass is 232 g/mol. The van der Waals surface area contributed by atoms with Crippen molar-refractivity contribution < 1.29 is 14.0 Å². The van der Waals surface area contributed by atoms with Crippen molar-refractivity contribution >= 4 is 0 Å². The average molecular weight is 232 g/mol. The standard InChI is InChI=1S/C12H12N2O3/c1-3-8-16-12-13-11(17-14-12)9-4-6-10(15-2)7-5-9/h3-7H,1,8H2,2H3. The number of hydrogen-bond acceptors (Lipinski definition) is 5. The van der Waals surface area contributed by atoms with Crippen LogP contribution in [0.25, 0.3) is 11.5 Å². The largest absolute Gasteiger partial charge is 0.497 e. The van der Waals surface area contributed by atoms with Crippen molar-refractivity contribution in [2.24, 2.45) is 0 Å². The zero-order valence-corrected chi connectivity index (χ0v) is 9.42. The lowest BCUT2D eigenvalue weighted by Gasteiger charge is -1.98. The van der Waals surface area contributed by atoms with Gasteiger partial charge in [0.15, 0.2) is 0 Å². The molecule has 0 unspecified atom stereocenters. The Morgan fingerprint density at radius 3 is 2.76 bits per heavy atom. The van der Waals surface area contributed by atoms with Gasteiger partial charge in [0, 0.05) is 5.56 Å². The highest BCUT2D eigenvalue weighted by Gasteiger charge is 2.09. The molecule has 1 aromatic carbocycles. The quantitative estimate of drug-likeness (QED) is 0.740. The summed E-state index contributed by atoms with van der Waals surface area (Å²) in [5.41, 5.74) is 0.812. The molecule has 0 radical (unpaired) electrons. The van der Waals surface area contributed by atoms with E-state index in [1.165, 1.54) is 0 Å². The van der Waals surface area contributed by atoms with Gasteiger partial charge >= 0.3 is 6.01 Å². The molecule has 5 heteroatoms. The summed E-state index contributed by atoms with van der Waals surface area (Å²) in [4.78, 5) is 4.08. The minimum Gasteiger partial charge on any atom is -0.497 e. The van der Waals surface area contributed by atoms with Gasteiger partial charge in [-0.15, -0.1) is 0 Å². The molecule has 1 heterocycles. The van der Waals surface area contributed by atoms with Gasteiger partial charge in [-0.1, -0.05) is 12.7 Å². The molecule has 0 saturated heterocycles. The van der Waals surface area contributed by atoms with Crippen LogP contribution in [0.4, 0.5) is 0 Å². The molecule has 0 aliphatic carbocycles. The summed E-state index contributed by atoms with van der Waals surface area (Å²) in [6.07, 6.45) is 1.61. The van der Waals surface area contributed by atoms with Gasteiger partial charge in [0.2, 0.25) is 0 Å². The first-order chi connectivity index (χ1) is 8.33. The Labute approximate surface area is 98.7 Å². The van der Waals surface area contributed by atoms with Gasteiger partial charge in [0.25, 0.3) is 5.89 Å². The second-order valence-corrected chi connectivity index (χ2v) is 3.21. The highest BCUT2D eigenvalue weighted by atomic mass is 16.5. The fourth-order valence-corrected chi connectivity index (χ4v) is 1.25. The van der Waals surface area contributed by atoms with Gasteiger partial charge in [0.1, 0.15) is 12.4 Å². The predicted octanol–water partition coefficient (Wildman–Crippen LogP) is 2.31. The maximum Gasteiger partial charge on any atom is 0.354 e. The average Bonchev–Trinajstić information content (AvgIpc) is 2.85. The third-order valence-electron chi connectivity index (χ3n) is 2.07. The van der Waals surface area contributed by atoms with E-state index in [9.17, 15) is 0 Å². The summed E-state index contributed by atoms with van der Waals surface area (Å²) in [6.45, 7) is 3.88. The molecule has 0 amide bonds. The third kappa shape index (κ3) is 2.63. The molecule has 1 aromatic heterocycles. The van der Waals surface area contributed by atoms with E-state index in [-0.39, 0.29) is 6.01 Å². The van der Waals surface area contributed by atoms with Gasteiger partial charge in [-0.2, -0.15) is 4.98 Å². The molecule has 0 aliphatic rings. The van der Waals surface area contributed by atoms with Crippen LogP contribution in [-0.4, -0.2) is 23.9 Å². The highest BCUT2D eigenvalue weighted by Crippen LogP contribution is 2.22. The third-order valence-corrected chi connectivity index (χ3v) is 2.07. The molecule has 17 heavy (non-hydrogen) atoms. The number of benzene rings is 1. The Morgan fingerprint density at radius 2 is 2.12 bits per heavy atom. The van der Waals surface area contributed by atoms with Crippen molar-refractivity contribution in [3.63, 3.8) is 0 Å². The van der Waals surface area contributed by atoms with E-state index in [0.29, 0.717) is 12.5 Å². The molecular formula is C12H12N2O3. The molecule has 0 aliphatic heterocycles. The molecule has 0 spiro atoms. The Kier molecular flexibility index (Phi) is 3.40. The van der Waals surface area contributed by atoms with Gasteiger partial charge in [-0.25, -0.2) is 0 Å². The second kappa shape index (κ2) is 5.16. The van der Waals surface area contributed by atoms with Crippen molar-refractivity contribution in [3.8, 4) is 23.2 Å². The lowest BCUT2D eigenvalue weighted by atomic mass is 10.2. The fraction of sp³-hybridized carbons (Fsp3) is 0.167. The summed E-state index contributed by atoms with van der Waals surface area (Å²) in [6, 6.07) is 7.52. The molecule has 88 valence electrons. The second-order valence-electron chi connectivity index (χ2n) is 3.21. The van der Waals surface area contributed by atoms with E-state index in [4.69, 9.17) is 14.0 Å². The molecule has 5 nitrogen and oxygen atoms in total. The summed E-state index contributed by atoms with van der Waals surface area (Å²) in [5, 5.41) is 3.69. The molecule has 0 fully saturated rings. The Morgan fingerprint density at radius 1 is 1.35 bits per heavy atom. The van der Waals surface area contributed by atoms with Crippen molar-refractivity contribution in [1.29, 1.82) is 0 Å². The van der Waals surface area contributed by atoms with Gasteiger partial charge < -0.3 is 14.0 Å². The van der Waals surface area contributed by atoms with Gasteiger partial charge in [-0.3, -0.25) is 0 Å². The number of methoxy groups -OCH3 is 1. The van der Waals surface area contributed by atoms with E-state index in [0.717, 1.165) is 11.3 Å². The molecular weight excluding hydrogens is 220 g/mol. The minimum atomic E-state index is 0.204. The van der Waals surface area contributed by atoms with Crippen LogP contribution in [0.3, 0.4) is 0 Å². The van der Waals surface area contributed by atoms with E-state index < -0.39 is 0 Å². The van der Waals surface area contributed by atoms with E-state index in [1.54, 1.807) is 13.2 Å². The van der Waals surface area contributed by atoms with Crippen molar-refractivity contribution in [2.45, 2.75) is 0 Å². The van der Waals surface area contributed by atoms with E-state index in [2.05, 4.69) is 16.7 Å². The molecule has 2 rings (SSSR count). The topological polar surface area (TPSA) is 57.4 Å². The fourth-order valence-electron chi connectivity index (χ4n) is 1.25. The number of aromatic nitrogens is 2. The maximum atomic E-state index is 5.14. The highest BCUT2D eigenvalue weighted by molar-refractivity contribution is 5.54. The van der Waals surface area contributed by atoms with Crippen LogP contribution in [0, 0.1) is 0 Å². The van der Waals surface area contributed by atoms with Gasteiger partial charge in [-0.05, 0) is 29.4 Å². The minimum absolute atomic E-state index is 0.204. The Bertz CT molecular complexity index is 491. The SMILES string of the molecule is C=CCOc1noc(-c2ccc(OC)cc2)n1. The zero-order chi connectivity index (χ0) is 12.1. The van der Waals surface area contributed by atoms with Crippen molar-refractivity contribution in [2.75, 3.05) is 13.7 Å². The molecule has 0 bridgehead atoms. The van der Waals surface area contributed by atoms with Gasteiger partial charge in [0.05, 0.1) is 7.11 Å². The molecule has 0 saturated carbocycles. The number of nitrogens with zero attached hydrogens (tertiary/aromatic N) is 2. The van der Waals surface area contributed by atoms with Crippen LogP contribution < -0.4 is 9.47 Å². The smallest absolute Gasteiger partial charge is 0.354 e. The summed E-state index contributed by atoms with van der Waals surface area (Å²) in [7, 11) is 1.61. The predicted molar refractivity (Wildman–Crippen MR) is 62.0 cm³/mol. The van der Waals surface area contributed by atoms with Crippen LogP contribution in [-0.2, 0) is 0 Å². The molecule has 0 N–H and O–H groups in total. The van der Waals surface area contributed by atoms with Crippen LogP contribution in [0.1, 0.15) is 0 Å².